The van der Waals surface area contributed by atoms with E-state index in [-0.39, 0.29) is 36.8 Å². The van der Waals surface area contributed by atoms with Gasteiger partial charge in [-0.25, -0.2) is 0 Å². The second kappa shape index (κ2) is 8.97. The van der Waals surface area contributed by atoms with Crippen LogP contribution in [0.2, 0.25) is 0 Å². The van der Waals surface area contributed by atoms with Crippen LogP contribution in [0.15, 0.2) is 0 Å². The highest BCUT2D eigenvalue weighted by molar-refractivity contribution is 5.85. The van der Waals surface area contributed by atoms with Crippen molar-refractivity contribution in [1.29, 1.82) is 0 Å². The van der Waals surface area contributed by atoms with Crippen LogP contribution >= 0.6 is 24.8 Å². The lowest BCUT2D eigenvalue weighted by molar-refractivity contribution is -0.131. The third-order valence-corrected chi connectivity index (χ3v) is 3.19. The number of carbonyl (C=O) groups is 1. The average Bonchev–Trinajstić information content (AvgIpc) is 2.67. The maximum Gasteiger partial charge on any atom is 0.239 e. The van der Waals surface area contributed by atoms with Crippen LogP contribution in [0.5, 0.6) is 0 Å². The van der Waals surface area contributed by atoms with Crippen LogP contribution < -0.4 is 5.73 Å². The van der Waals surface area contributed by atoms with E-state index in [1.165, 1.54) is 0 Å². The zero-order valence-electron chi connectivity index (χ0n) is 10.9. The molecule has 0 saturated carbocycles. The third-order valence-electron chi connectivity index (χ3n) is 3.19. The Kier molecular flexibility index (Phi) is 10.2. The highest BCUT2D eigenvalue weighted by Gasteiger charge is 2.29. The number of rotatable bonds is 4. The molecule has 0 spiro atoms. The molecular weight excluding hydrogens is 261 g/mol. The summed E-state index contributed by atoms with van der Waals surface area (Å²) in [6.45, 7) is 9.92. The molecule has 1 aliphatic rings. The van der Waals surface area contributed by atoms with Gasteiger partial charge >= 0.3 is 0 Å². The Morgan fingerprint density at radius 3 is 2.35 bits per heavy atom. The molecule has 104 valence electrons. The van der Waals surface area contributed by atoms with E-state index >= 15 is 0 Å². The molecule has 1 unspecified atom stereocenters. The quantitative estimate of drug-likeness (QED) is 0.842. The van der Waals surface area contributed by atoms with Crippen LogP contribution in [-0.2, 0) is 4.79 Å². The molecule has 0 bridgehead atoms. The van der Waals surface area contributed by atoms with E-state index in [2.05, 4.69) is 18.7 Å². The first-order chi connectivity index (χ1) is 7.10. The van der Waals surface area contributed by atoms with Crippen molar-refractivity contribution in [2.75, 3.05) is 26.2 Å². The van der Waals surface area contributed by atoms with E-state index in [0.717, 1.165) is 32.6 Å². The molecule has 1 heterocycles. The first-order valence-electron chi connectivity index (χ1n) is 5.88. The lowest BCUT2D eigenvalue weighted by Crippen LogP contribution is -2.43. The summed E-state index contributed by atoms with van der Waals surface area (Å²) >= 11 is 0. The van der Waals surface area contributed by atoms with E-state index < -0.39 is 0 Å². The van der Waals surface area contributed by atoms with Gasteiger partial charge in [0.1, 0.15) is 0 Å². The van der Waals surface area contributed by atoms with Crippen molar-refractivity contribution in [3.8, 4) is 0 Å². The summed E-state index contributed by atoms with van der Waals surface area (Å²) in [6, 6.07) is 0.170. The molecule has 0 aliphatic carbocycles. The zero-order valence-corrected chi connectivity index (χ0v) is 12.5. The van der Waals surface area contributed by atoms with Crippen molar-refractivity contribution in [3.63, 3.8) is 0 Å². The lowest BCUT2D eigenvalue weighted by Gasteiger charge is -2.26. The smallest absolute Gasteiger partial charge is 0.239 e. The molecule has 2 atom stereocenters. The summed E-state index contributed by atoms with van der Waals surface area (Å²) in [4.78, 5) is 16.0. The van der Waals surface area contributed by atoms with Gasteiger partial charge in [-0.3, -0.25) is 9.69 Å². The minimum absolute atomic E-state index is 0. The molecule has 0 aromatic rings. The van der Waals surface area contributed by atoms with E-state index in [9.17, 15) is 4.79 Å². The number of halogens is 2. The Labute approximate surface area is 117 Å². The van der Waals surface area contributed by atoms with Gasteiger partial charge < -0.3 is 10.6 Å². The summed E-state index contributed by atoms with van der Waals surface area (Å²) in [5.41, 5.74) is 5.60. The number of nitrogens with two attached hydrogens (primary N) is 1. The lowest BCUT2D eigenvalue weighted by atomic mass is 10.2. The number of hydrogen-bond donors (Lipinski definition) is 1. The number of nitrogens with zero attached hydrogens (tertiary/aromatic N) is 2. The van der Waals surface area contributed by atoms with Gasteiger partial charge in [-0.2, -0.15) is 0 Å². The fraction of sp³-hybridized carbons (Fsp3) is 0.909. The van der Waals surface area contributed by atoms with Crippen LogP contribution in [0.4, 0.5) is 0 Å². The summed E-state index contributed by atoms with van der Waals surface area (Å²) in [7, 11) is 0. The van der Waals surface area contributed by atoms with Crippen LogP contribution in [0, 0.1) is 0 Å². The van der Waals surface area contributed by atoms with Crippen LogP contribution in [0.3, 0.4) is 0 Å². The highest BCUT2D eigenvalue weighted by atomic mass is 35.5. The maximum atomic E-state index is 11.7. The molecule has 1 amide bonds. The molecule has 0 aromatic heterocycles. The largest absolute Gasteiger partial charge is 0.340 e. The van der Waals surface area contributed by atoms with Crippen molar-refractivity contribution in [2.24, 2.45) is 5.73 Å². The molecule has 1 saturated heterocycles. The maximum absolute atomic E-state index is 11.7. The Morgan fingerprint density at radius 2 is 1.94 bits per heavy atom. The monoisotopic (exact) mass is 285 g/mol. The van der Waals surface area contributed by atoms with Gasteiger partial charge in [0.2, 0.25) is 5.91 Å². The van der Waals surface area contributed by atoms with Crippen LogP contribution in [0.25, 0.3) is 0 Å². The second-order valence-corrected chi connectivity index (χ2v) is 4.24. The second-order valence-electron chi connectivity index (χ2n) is 4.24. The average molecular weight is 286 g/mol. The fourth-order valence-electron chi connectivity index (χ4n) is 2.27. The predicted octanol–water partition coefficient (Wildman–Crippen LogP) is 1.12. The topological polar surface area (TPSA) is 49.6 Å². The first kappa shape index (κ1) is 19.3. The number of hydrogen-bond acceptors (Lipinski definition) is 3. The number of likely N-dealkylation sites (N-methyl/N-ethyl adjacent to an activating group) is 1. The SMILES string of the molecule is CCN(CC)C1CCN(C(=O)[C@H](C)N)C1.Cl.Cl. The highest BCUT2D eigenvalue weighted by Crippen LogP contribution is 2.15. The van der Waals surface area contributed by atoms with Crippen LogP contribution in [-0.4, -0.2) is 54.0 Å². The molecule has 17 heavy (non-hydrogen) atoms. The molecule has 6 heteroatoms. The van der Waals surface area contributed by atoms with E-state index in [1.54, 1.807) is 6.92 Å². The molecule has 2 N–H and O–H groups in total. The standard InChI is InChI=1S/C11H23N3O.2ClH/c1-4-13(5-2)10-6-7-14(8-10)11(15)9(3)12;;/h9-10H,4-8,12H2,1-3H3;2*1H/t9-,10?;;/m0../s1. The minimum Gasteiger partial charge on any atom is -0.340 e. The van der Waals surface area contributed by atoms with Gasteiger partial charge in [0, 0.05) is 19.1 Å². The molecule has 0 radical (unpaired) electrons. The van der Waals surface area contributed by atoms with E-state index in [0.29, 0.717) is 6.04 Å². The van der Waals surface area contributed by atoms with Crippen LogP contribution in [0.1, 0.15) is 27.2 Å². The van der Waals surface area contributed by atoms with E-state index in [4.69, 9.17) is 5.73 Å². The Morgan fingerprint density at radius 1 is 1.41 bits per heavy atom. The Balaban J connectivity index is 0. The third kappa shape index (κ3) is 5.00. The number of carbonyl (C=O) groups excluding carboxylic acids is 1. The van der Waals surface area contributed by atoms with Gasteiger partial charge in [0.05, 0.1) is 6.04 Å². The van der Waals surface area contributed by atoms with Crippen molar-refractivity contribution >= 4 is 30.7 Å². The van der Waals surface area contributed by atoms with Crippen molar-refractivity contribution in [3.05, 3.63) is 0 Å². The zero-order chi connectivity index (χ0) is 11.4. The number of likely N-dealkylation sites (tertiary alicyclic amines) is 1. The summed E-state index contributed by atoms with van der Waals surface area (Å²) in [5, 5.41) is 0. The Bertz CT molecular complexity index is 223. The number of amides is 1. The van der Waals surface area contributed by atoms with E-state index in [1.807, 2.05) is 4.90 Å². The molecule has 0 aromatic carbocycles. The van der Waals surface area contributed by atoms with Crippen molar-refractivity contribution in [2.45, 2.75) is 39.3 Å². The predicted molar refractivity (Wildman–Crippen MR) is 76.1 cm³/mol. The van der Waals surface area contributed by atoms with Gasteiger partial charge in [-0.15, -0.1) is 24.8 Å². The molecule has 1 aliphatic heterocycles. The summed E-state index contributed by atoms with van der Waals surface area (Å²) in [6.07, 6.45) is 1.08. The van der Waals surface area contributed by atoms with Gasteiger partial charge in [0.25, 0.3) is 0 Å². The fourth-order valence-corrected chi connectivity index (χ4v) is 2.27. The van der Waals surface area contributed by atoms with Gasteiger partial charge in [-0.05, 0) is 26.4 Å². The Hall–Kier alpha value is -0.0300. The molecular formula is C11H25Cl2N3O. The van der Waals surface area contributed by atoms with Gasteiger partial charge in [-0.1, -0.05) is 13.8 Å². The normalized spacial score (nSPS) is 20.8. The summed E-state index contributed by atoms with van der Waals surface area (Å²) < 4.78 is 0. The first-order valence-corrected chi connectivity index (χ1v) is 5.88. The summed E-state index contributed by atoms with van der Waals surface area (Å²) in [5.74, 6) is 0.0876. The molecule has 4 nitrogen and oxygen atoms in total. The van der Waals surface area contributed by atoms with Crippen molar-refractivity contribution in [1.82, 2.24) is 9.80 Å². The van der Waals surface area contributed by atoms with Gasteiger partial charge in [0.15, 0.2) is 0 Å². The molecule has 1 rings (SSSR count). The molecule has 1 fully saturated rings. The minimum atomic E-state index is -0.361. The van der Waals surface area contributed by atoms with Crippen molar-refractivity contribution < 1.29 is 4.79 Å².